The molecule has 2 fully saturated rings. The van der Waals surface area contributed by atoms with E-state index in [1.807, 2.05) is 0 Å². The molecule has 2 amide bonds. The molecule has 0 unspecified atom stereocenters. The first-order chi connectivity index (χ1) is 12.4. The number of rotatable bonds is 6. The first kappa shape index (κ1) is 18.8. The summed E-state index contributed by atoms with van der Waals surface area (Å²) in [6.07, 6.45) is 5.28. The first-order valence-electron chi connectivity index (χ1n) is 9.09. The number of carbonyl (C=O) groups is 2. The van der Waals surface area contributed by atoms with E-state index in [-0.39, 0.29) is 23.3 Å². The van der Waals surface area contributed by atoms with Crippen LogP contribution in [0, 0.1) is 0 Å². The van der Waals surface area contributed by atoms with Crippen molar-refractivity contribution in [1.29, 1.82) is 0 Å². The lowest BCUT2D eigenvalue weighted by molar-refractivity contribution is -0.119. The van der Waals surface area contributed by atoms with Crippen LogP contribution in [0.25, 0.3) is 0 Å². The number of hydrogen-bond donors (Lipinski definition) is 2. The maximum absolute atomic E-state index is 13.1. The van der Waals surface area contributed by atoms with Crippen molar-refractivity contribution in [3.8, 4) is 0 Å². The fraction of sp³-hybridized carbons (Fsp3) is 0.556. The van der Waals surface area contributed by atoms with Gasteiger partial charge >= 0.3 is 0 Å². The van der Waals surface area contributed by atoms with Crippen LogP contribution >= 0.6 is 0 Å². The van der Waals surface area contributed by atoms with Gasteiger partial charge in [-0.15, -0.1) is 0 Å². The fourth-order valence-corrected chi connectivity index (χ4v) is 5.22. The number of sulfonamides is 1. The second-order valence-electron chi connectivity index (χ2n) is 7.06. The largest absolute Gasteiger partial charge is 0.370 e. The predicted molar refractivity (Wildman–Crippen MR) is 96.9 cm³/mol. The van der Waals surface area contributed by atoms with E-state index in [1.165, 1.54) is 16.4 Å². The highest BCUT2D eigenvalue weighted by atomic mass is 32.2. The molecule has 0 radical (unpaired) electrons. The summed E-state index contributed by atoms with van der Waals surface area (Å²) in [5.41, 5.74) is 5.62. The molecular formula is C18H25N3O4S. The quantitative estimate of drug-likeness (QED) is 0.778. The summed E-state index contributed by atoms with van der Waals surface area (Å²) >= 11 is 0. The van der Waals surface area contributed by atoms with E-state index in [0.717, 1.165) is 32.1 Å². The van der Waals surface area contributed by atoms with Crippen LogP contribution < -0.4 is 11.1 Å². The highest BCUT2D eigenvalue weighted by molar-refractivity contribution is 7.89. The zero-order valence-corrected chi connectivity index (χ0v) is 15.5. The van der Waals surface area contributed by atoms with Crippen molar-refractivity contribution in [3.63, 3.8) is 0 Å². The molecule has 1 aromatic rings. The average molecular weight is 379 g/mol. The molecule has 1 heterocycles. The Balaban J connectivity index is 1.82. The minimum atomic E-state index is -3.79. The van der Waals surface area contributed by atoms with Crippen molar-refractivity contribution in [2.24, 2.45) is 5.73 Å². The summed E-state index contributed by atoms with van der Waals surface area (Å²) in [6, 6.07) is 5.87. The molecule has 142 valence electrons. The molecule has 3 rings (SSSR count). The SMILES string of the molecule is NC(=O)C[C@@H]1CCCCN1S(=O)(=O)c1cccc(C(=O)NC2CCC2)c1. The number of amides is 2. The number of primary amides is 1. The summed E-state index contributed by atoms with van der Waals surface area (Å²) in [4.78, 5) is 23.7. The predicted octanol–water partition coefficient (Wildman–Crippen LogP) is 1.39. The molecule has 26 heavy (non-hydrogen) atoms. The van der Waals surface area contributed by atoms with E-state index in [2.05, 4.69) is 5.32 Å². The molecule has 1 aliphatic carbocycles. The molecule has 3 N–H and O–H groups in total. The zero-order chi connectivity index (χ0) is 18.7. The lowest BCUT2D eigenvalue weighted by atomic mass is 9.93. The summed E-state index contributed by atoms with van der Waals surface area (Å²) in [7, 11) is -3.79. The molecule has 2 aliphatic rings. The van der Waals surface area contributed by atoms with Gasteiger partial charge in [-0.3, -0.25) is 9.59 Å². The highest BCUT2D eigenvalue weighted by Crippen LogP contribution is 2.27. The summed E-state index contributed by atoms with van der Waals surface area (Å²) in [6.45, 7) is 0.360. The van der Waals surface area contributed by atoms with Gasteiger partial charge in [0.25, 0.3) is 5.91 Å². The number of nitrogens with one attached hydrogen (secondary N) is 1. The second kappa shape index (κ2) is 7.75. The van der Waals surface area contributed by atoms with Gasteiger partial charge in [-0.05, 0) is 50.3 Å². The van der Waals surface area contributed by atoms with Gasteiger partial charge in [-0.2, -0.15) is 4.31 Å². The molecule has 1 atom stereocenters. The minimum absolute atomic E-state index is 0.0150. The Labute approximate surface area is 154 Å². The third kappa shape index (κ3) is 4.07. The molecule has 8 heteroatoms. The monoisotopic (exact) mass is 379 g/mol. The maximum atomic E-state index is 13.1. The Morgan fingerprint density at radius 2 is 1.92 bits per heavy atom. The van der Waals surface area contributed by atoms with Gasteiger partial charge in [0.05, 0.1) is 4.90 Å². The summed E-state index contributed by atoms with van der Waals surface area (Å²) in [5.74, 6) is -0.759. The standard InChI is InChI=1S/C18H25N3O4S/c19-17(22)12-15-8-1-2-10-21(15)26(24,25)16-9-3-5-13(11-16)18(23)20-14-6-4-7-14/h3,5,9,11,14-15H,1-2,4,6-8,10,12H2,(H2,19,22)(H,20,23)/t15-/m0/s1. The maximum Gasteiger partial charge on any atom is 0.251 e. The van der Waals surface area contributed by atoms with Crippen LogP contribution in [0.15, 0.2) is 29.2 Å². The van der Waals surface area contributed by atoms with Crippen molar-refractivity contribution in [2.75, 3.05) is 6.54 Å². The van der Waals surface area contributed by atoms with E-state index in [0.29, 0.717) is 18.5 Å². The van der Waals surface area contributed by atoms with Gasteiger partial charge < -0.3 is 11.1 Å². The van der Waals surface area contributed by atoms with Crippen LogP contribution in [0.5, 0.6) is 0 Å². The summed E-state index contributed by atoms with van der Waals surface area (Å²) in [5, 5.41) is 2.92. The van der Waals surface area contributed by atoms with Crippen molar-refractivity contribution in [2.45, 2.75) is 61.9 Å². The fourth-order valence-electron chi connectivity index (χ4n) is 3.48. The number of carbonyl (C=O) groups excluding carboxylic acids is 2. The molecule has 1 saturated heterocycles. The third-order valence-electron chi connectivity index (χ3n) is 5.15. The normalized spacial score (nSPS) is 21.8. The third-order valence-corrected chi connectivity index (χ3v) is 7.10. The van der Waals surface area contributed by atoms with Crippen molar-refractivity contribution in [3.05, 3.63) is 29.8 Å². The van der Waals surface area contributed by atoms with Crippen LogP contribution in [0.2, 0.25) is 0 Å². The number of piperidine rings is 1. The van der Waals surface area contributed by atoms with Crippen molar-refractivity contribution < 1.29 is 18.0 Å². The molecule has 7 nitrogen and oxygen atoms in total. The molecule has 0 aromatic heterocycles. The topological polar surface area (TPSA) is 110 Å². The minimum Gasteiger partial charge on any atom is -0.370 e. The number of benzene rings is 1. The van der Waals surface area contributed by atoms with E-state index in [4.69, 9.17) is 5.73 Å². The molecule has 1 aromatic carbocycles. The van der Waals surface area contributed by atoms with Gasteiger partial charge in [0.1, 0.15) is 0 Å². The van der Waals surface area contributed by atoms with Gasteiger partial charge in [-0.25, -0.2) is 8.42 Å². The van der Waals surface area contributed by atoms with Gasteiger partial charge in [0.2, 0.25) is 15.9 Å². The van der Waals surface area contributed by atoms with E-state index < -0.39 is 22.0 Å². The van der Waals surface area contributed by atoms with Crippen LogP contribution in [0.1, 0.15) is 55.3 Å². The first-order valence-corrected chi connectivity index (χ1v) is 10.5. The summed E-state index contributed by atoms with van der Waals surface area (Å²) < 4.78 is 27.5. The van der Waals surface area contributed by atoms with Gasteiger partial charge in [0, 0.05) is 30.6 Å². The van der Waals surface area contributed by atoms with Crippen molar-refractivity contribution >= 4 is 21.8 Å². The Bertz CT molecular complexity index is 789. The second-order valence-corrected chi connectivity index (χ2v) is 8.96. The Morgan fingerprint density at radius 3 is 2.58 bits per heavy atom. The molecule has 0 spiro atoms. The molecule has 0 bridgehead atoms. The van der Waals surface area contributed by atoms with E-state index in [1.54, 1.807) is 12.1 Å². The van der Waals surface area contributed by atoms with E-state index in [9.17, 15) is 18.0 Å². The molecule has 1 saturated carbocycles. The average Bonchev–Trinajstić information content (AvgIpc) is 2.58. The smallest absolute Gasteiger partial charge is 0.251 e. The van der Waals surface area contributed by atoms with Crippen LogP contribution in [0.4, 0.5) is 0 Å². The lowest BCUT2D eigenvalue weighted by Crippen LogP contribution is -2.45. The Kier molecular flexibility index (Phi) is 5.62. The number of nitrogens with two attached hydrogens (primary N) is 1. The van der Waals surface area contributed by atoms with Crippen LogP contribution in [-0.4, -0.2) is 43.2 Å². The molecule has 1 aliphatic heterocycles. The lowest BCUT2D eigenvalue weighted by Gasteiger charge is -2.34. The Morgan fingerprint density at radius 1 is 1.15 bits per heavy atom. The van der Waals surface area contributed by atoms with Crippen LogP contribution in [0.3, 0.4) is 0 Å². The van der Waals surface area contributed by atoms with Gasteiger partial charge in [-0.1, -0.05) is 12.5 Å². The zero-order valence-electron chi connectivity index (χ0n) is 14.7. The van der Waals surface area contributed by atoms with Crippen molar-refractivity contribution in [1.82, 2.24) is 9.62 Å². The highest BCUT2D eigenvalue weighted by Gasteiger charge is 2.34. The van der Waals surface area contributed by atoms with E-state index >= 15 is 0 Å². The number of hydrogen-bond acceptors (Lipinski definition) is 4. The Hall–Kier alpha value is -1.93. The molecular weight excluding hydrogens is 354 g/mol. The number of nitrogens with zero attached hydrogens (tertiary/aromatic N) is 1. The van der Waals surface area contributed by atoms with Crippen LogP contribution in [-0.2, 0) is 14.8 Å². The van der Waals surface area contributed by atoms with Gasteiger partial charge in [0.15, 0.2) is 0 Å².